The molecule has 0 atom stereocenters. The molecule has 7 heteroatoms. The number of nitrogen functional groups attached to an aromatic ring is 1. The highest BCUT2D eigenvalue weighted by molar-refractivity contribution is 6.31. The van der Waals surface area contributed by atoms with Gasteiger partial charge in [-0.15, -0.1) is 0 Å². The number of carboxylic acids is 1. The van der Waals surface area contributed by atoms with Crippen LogP contribution in [0.15, 0.2) is 30.5 Å². The second kappa shape index (κ2) is 5.66. The van der Waals surface area contributed by atoms with Crippen LogP contribution in [0, 0.1) is 0 Å². The Hall–Kier alpha value is -2.47. The Morgan fingerprint density at radius 1 is 1.45 bits per heavy atom. The zero-order valence-corrected chi connectivity index (χ0v) is 11.3. The summed E-state index contributed by atoms with van der Waals surface area (Å²) in [5.74, 6) is -0.229. The molecule has 20 heavy (non-hydrogen) atoms. The predicted octanol–water partition coefficient (Wildman–Crippen LogP) is 2.77. The molecule has 1 aromatic heterocycles. The van der Waals surface area contributed by atoms with Crippen molar-refractivity contribution in [1.82, 2.24) is 4.98 Å². The highest BCUT2D eigenvalue weighted by Gasteiger charge is 2.11. The van der Waals surface area contributed by atoms with Crippen LogP contribution in [0.1, 0.15) is 10.4 Å². The number of aromatic carboxylic acids is 1. The van der Waals surface area contributed by atoms with Crippen LogP contribution < -0.4 is 15.8 Å². The zero-order valence-electron chi connectivity index (χ0n) is 10.6. The van der Waals surface area contributed by atoms with Gasteiger partial charge in [-0.1, -0.05) is 11.6 Å². The Bertz CT molecular complexity index is 661. The van der Waals surface area contributed by atoms with E-state index in [0.717, 1.165) is 0 Å². The molecule has 0 spiro atoms. The van der Waals surface area contributed by atoms with Crippen molar-refractivity contribution in [3.63, 3.8) is 0 Å². The van der Waals surface area contributed by atoms with Gasteiger partial charge in [-0.05, 0) is 24.3 Å². The molecule has 0 saturated heterocycles. The van der Waals surface area contributed by atoms with E-state index in [-0.39, 0.29) is 11.3 Å². The van der Waals surface area contributed by atoms with Crippen molar-refractivity contribution >= 4 is 34.8 Å². The summed E-state index contributed by atoms with van der Waals surface area (Å²) in [5.41, 5.74) is 6.20. The van der Waals surface area contributed by atoms with Crippen molar-refractivity contribution in [3.05, 3.63) is 41.0 Å². The molecule has 0 aliphatic heterocycles. The van der Waals surface area contributed by atoms with Crippen LogP contribution in [-0.2, 0) is 0 Å². The smallest absolute Gasteiger partial charge is 0.337 e. The molecule has 0 saturated carbocycles. The van der Waals surface area contributed by atoms with Gasteiger partial charge in [-0.3, -0.25) is 0 Å². The number of methoxy groups -OCH3 is 1. The number of hydrogen-bond donors (Lipinski definition) is 3. The van der Waals surface area contributed by atoms with Crippen LogP contribution in [0.3, 0.4) is 0 Å². The Kier molecular flexibility index (Phi) is 3.95. The van der Waals surface area contributed by atoms with E-state index < -0.39 is 5.97 Å². The summed E-state index contributed by atoms with van der Waals surface area (Å²) in [5, 5.41) is 12.5. The number of ether oxygens (including phenoxy) is 1. The van der Waals surface area contributed by atoms with Gasteiger partial charge in [0.25, 0.3) is 0 Å². The molecule has 1 aromatic carbocycles. The van der Waals surface area contributed by atoms with Crippen LogP contribution in [0.4, 0.5) is 17.2 Å². The molecule has 2 aromatic rings. The molecule has 0 radical (unpaired) electrons. The number of nitrogens with one attached hydrogen (secondary N) is 1. The number of halogens is 1. The quantitative estimate of drug-likeness (QED) is 0.802. The van der Waals surface area contributed by atoms with Gasteiger partial charge in [-0.2, -0.15) is 0 Å². The molecule has 2 rings (SSSR count). The number of hydrogen-bond acceptors (Lipinski definition) is 5. The van der Waals surface area contributed by atoms with E-state index in [0.29, 0.717) is 22.3 Å². The largest absolute Gasteiger partial charge is 0.495 e. The highest BCUT2D eigenvalue weighted by Crippen LogP contribution is 2.30. The maximum absolute atomic E-state index is 11.0. The lowest BCUT2D eigenvalue weighted by Crippen LogP contribution is -2.05. The Balaban J connectivity index is 2.37. The van der Waals surface area contributed by atoms with E-state index in [1.54, 1.807) is 18.2 Å². The second-order valence-corrected chi connectivity index (χ2v) is 4.37. The van der Waals surface area contributed by atoms with E-state index in [1.165, 1.54) is 19.4 Å². The van der Waals surface area contributed by atoms with E-state index >= 15 is 0 Å². The first-order valence-electron chi connectivity index (χ1n) is 5.60. The molecule has 4 N–H and O–H groups in total. The number of carboxylic acid groups (broad SMARTS) is 1. The molecule has 0 amide bonds. The summed E-state index contributed by atoms with van der Waals surface area (Å²) in [7, 11) is 1.52. The maximum atomic E-state index is 11.0. The van der Waals surface area contributed by atoms with E-state index in [1.807, 2.05) is 0 Å². The SMILES string of the molecule is COc1ccc(Cl)cc1Nc1cc(C(=O)O)c(N)cn1. The van der Waals surface area contributed by atoms with Gasteiger partial charge in [0.05, 0.1) is 30.2 Å². The molecule has 0 aliphatic carbocycles. The average molecular weight is 294 g/mol. The summed E-state index contributed by atoms with van der Waals surface area (Å²) < 4.78 is 5.18. The summed E-state index contributed by atoms with van der Waals surface area (Å²) in [6, 6.07) is 6.38. The number of anilines is 3. The van der Waals surface area contributed by atoms with Crippen molar-refractivity contribution in [2.24, 2.45) is 0 Å². The normalized spacial score (nSPS) is 10.1. The van der Waals surface area contributed by atoms with Crippen molar-refractivity contribution in [2.75, 3.05) is 18.2 Å². The van der Waals surface area contributed by atoms with Gasteiger partial charge in [-0.25, -0.2) is 9.78 Å². The fraction of sp³-hybridized carbons (Fsp3) is 0.0769. The maximum Gasteiger partial charge on any atom is 0.337 e. The number of benzene rings is 1. The van der Waals surface area contributed by atoms with Gasteiger partial charge < -0.3 is 20.9 Å². The molecular weight excluding hydrogens is 282 g/mol. The first-order valence-corrected chi connectivity index (χ1v) is 5.98. The molecule has 104 valence electrons. The van der Waals surface area contributed by atoms with Crippen molar-refractivity contribution < 1.29 is 14.6 Å². The third-order valence-corrected chi connectivity index (χ3v) is 2.82. The van der Waals surface area contributed by atoms with Crippen molar-refractivity contribution in [2.45, 2.75) is 0 Å². The fourth-order valence-electron chi connectivity index (χ4n) is 1.64. The Labute approximate surface area is 120 Å². The van der Waals surface area contributed by atoms with Gasteiger partial charge in [0.1, 0.15) is 11.6 Å². The van der Waals surface area contributed by atoms with E-state index in [4.69, 9.17) is 27.2 Å². The molecule has 0 fully saturated rings. The molecule has 0 unspecified atom stereocenters. The van der Waals surface area contributed by atoms with Crippen LogP contribution in [0.5, 0.6) is 5.75 Å². The molecule has 0 bridgehead atoms. The lowest BCUT2D eigenvalue weighted by atomic mass is 10.2. The average Bonchev–Trinajstić information content (AvgIpc) is 2.41. The first-order chi connectivity index (χ1) is 9.51. The monoisotopic (exact) mass is 293 g/mol. The van der Waals surface area contributed by atoms with Crippen molar-refractivity contribution in [3.8, 4) is 5.75 Å². The third kappa shape index (κ3) is 2.92. The van der Waals surface area contributed by atoms with Gasteiger partial charge in [0.15, 0.2) is 0 Å². The van der Waals surface area contributed by atoms with Gasteiger partial charge in [0, 0.05) is 5.02 Å². The van der Waals surface area contributed by atoms with E-state index in [2.05, 4.69) is 10.3 Å². The number of carbonyl (C=O) groups is 1. The van der Waals surface area contributed by atoms with Crippen LogP contribution in [0.2, 0.25) is 5.02 Å². The number of pyridine rings is 1. The van der Waals surface area contributed by atoms with Gasteiger partial charge >= 0.3 is 5.97 Å². The molecular formula is C13H12ClN3O3. The lowest BCUT2D eigenvalue weighted by molar-refractivity contribution is 0.0698. The Morgan fingerprint density at radius 3 is 2.85 bits per heavy atom. The topological polar surface area (TPSA) is 97.5 Å². The standard InChI is InChI=1S/C13H12ClN3O3/c1-20-11-3-2-7(14)4-10(11)17-12-5-8(13(18)19)9(15)6-16-12/h2-6H,15H2,1H3,(H,16,17)(H,18,19). The Morgan fingerprint density at radius 2 is 2.20 bits per heavy atom. The van der Waals surface area contributed by atoms with Crippen LogP contribution >= 0.6 is 11.6 Å². The molecule has 6 nitrogen and oxygen atoms in total. The van der Waals surface area contributed by atoms with E-state index in [9.17, 15) is 4.79 Å². The number of rotatable bonds is 4. The molecule has 1 heterocycles. The third-order valence-electron chi connectivity index (χ3n) is 2.59. The summed E-state index contributed by atoms with van der Waals surface area (Å²) in [4.78, 5) is 15.0. The zero-order chi connectivity index (χ0) is 14.7. The minimum absolute atomic E-state index is 0.0245. The summed E-state index contributed by atoms with van der Waals surface area (Å²) in [6.45, 7) is 0. The highest BCUT2D eigenvalue weighted by atomic mass is 35.5. The van der Waals surface area contributed by atoms with Gasteiger partial charge in [0.2, 0.25) is 0 Å². The number of nitrogens with two attached hydrogens (primary N) is 1. The fourth-order valence-corrected chi connectivity index (χ4v) is 1.81. The summed E-state index contributed by atoms with van der Waals surface area (Å²) in [6.07, 6.45) is 1.28. The lowest BCUT2D eigenvalue weighted by Gasteiger charge is -2.11. The van der Waals surface area contributed by atoms with Crippen LogP contribution in [0.25, 0.3) is 0 Å². The van der Waals surface area contributed by atoms with Crippen LogP contribution in [-0.4, -0.2) is 23.2 Å². The minimum atomic E-state index is -1.12. The second-order valence-electron chi connectivity index (χ2n) is 3.93. The minimum Gasteiger partial charge on any atom is -0.495 e. The predicted molar refractivity (Wildman–Crippen MR) is 76.9 cm³/mol. The first kappa shape index (κ1) is 14.0. The summed E-state index contributed by atoms with van der Waals surface area (Å²) >= 11 is 5.92. The van der Waals surface area contributed by atoms with Crippen molar-refractivity contribution in [1.29, 1.82) is 0 Å². The number of nitrogens with zero attached hydrogens (tertiary/aromatic N) is 1. The number of aromatic nitrogens is 1. The molecule has 0 aliphatic rings.